The molecule has 1 aliphatic rings. The normalized spacial score (nSPS) is 19.1. The Morgan fingerprint density at radius 2 is 1.73 bits per heavy atom. The predicted molar refractivity (Wildman–Crippen MR) is 114 cm³/mol. The van der Waals surface area contributed by atoms with E-state index in [1.165, 1.54) is 4.90 Å². The summed E-state index contributed by atoms with van der Waals surface area (Å²) in [5.41, 5.74) is 10.7. The fourth-order valence-corrected chi connectivity index (χ4v) is 3.52. The highest BCUT2D eigenvalue weighted by molar-refractivity contribution is 5.95. The van der Waals surface area contributed by atoms with Crippen LogP contribution in [0.5, 0.6) is 0 Å². The van der Waals surface area contributed by atoms with E-state index < -0.39 is 66.2 Å². The zero-order chi connectivity index (χ0) is 25.3. The number of nitrogens with two attached hydrogens (primary N) is 2. The Balaban J connectivity index is 3.05. The number of nitrogens with zero attached hydrogens (tertiary/aromatic N) is 1. The van der Waals surface area contributed by atoms with Crippen molar-refractivity contribution in [2.24, 2.45) is 17.4 Å². The molecule has 13 nitrogen and oxygen atoms in total. The largest absolute Gasteiger partial charge is 0.481 e. The molecule has 0 bridgehead atoms. The van der Waals surface area contributed by atoms with Gasteiger partial charge in [0.25, 0.3) is 0 Å². The van der Waals surface area contributed by atoms with Crippen molar-refractivity contribution in [3.05, 3.63) is 0 Å². The van der Waals surface area contributed by atoms with Gasteiger partial charge in [-0.05, 0) is 25.2 Å². The Morgan fingerprint density at radius 3 is 2.24 bits per heavy atom. The number of rotatable bonds is 13. The molecule has 1 heterocycles. The van der Waals surface area contributed by atoms with E-state index in [0.717, 1.165) is 0 Å². The summed E-state index contributed by atoms with van der Waals surface area (Å²) >= 11 is 0. The van der Waals surface area contributed by atoms with E-state index in [-0.39, 0.29) is 25.3 Å². The second-order valence-corrected chi connectivity index (χ2v) is 8.17. The van der Waals surface area contributed by atoms with Crippen molar-refractivity contribution in [2.75, 3.05) is 6.54 Å². The van der Waals surface area contributed by atoms with Gasteiger partial charge in [-0.15, -0.1) is 0 Å². The van der Waals surface area contributed by atoms with Crippen LogP contribution in [0.15, 0.2) is 0 Å². The average Bonchev–Trinajstić information content (AvgIpc) is 3.23. The molecule has 0 aromatic carbocycles. The zero-order valence-electron chi connectivity index (χ0n) is 18.8. The minimum Gasteiger partial charge on any atom is -0.481 e. The van der Waals surface area contributed by atoms with Crippen molar-refractivity contribution in [1.29, 1.82) is 0 Å². The molecule has 0 radical (unpaired) electrons. The molecule has 8 N–H and O–H groups in total. The first-order valence-electron chi connectivity index (χ1n) is 10.8. The van der Waals surface area contributed by atoms with Crippen LogP contribution >= 0.6 is 0 Å². The Kier molecular flexibility index (Phi) is 10.7. The lowest BCUT2D eigenvalue weighted by atomic mass is 9.96. The third-order valence-electron chi connectivity index (χ3n) is 5.64. The first-order valence-corrected chi connectivity index (χ1v) is 10.8. The lowest BCUT2D eigenvalue weighted by Crippen LogP contribution is -2.58. The van der Waals surface area contributed by atoms with Crippen molar-refractivity contribution >= 4 is 35.6 Å². The fourth-order valence-electron chi connectivity index (χ4n) is 3.52. The molecule has 0 aliphatic carbocycles. The highest BCUT2D eigenvalue weighted by Gasteiger charge is 2.40. The van der Waals surface area contributed by atoms with Gasteiger partial charge in [0.15, 0.2) is 0 Å². The molecular formula is C20H33N5O8. The van der Waals surface area contributed by atoms with E-state index in [9.17, 15) is 33.9 Å². The number of carboxylic acids is 2. The molecule has 1 saturated heterocycles. The molecule has 1 fully saturated rings. The van der Waals surface area contributed by atoms with Crippen LogP contribution in [0.2, 0.25) is 0 Å². The second-order valence-electron chi connectivity index (χ2n) is 8.17. The molecule has 5 atom stereocenters. The van der Waals surface area contributed by atoms with E-state index in [1.807, 2.05) is 0 Å². The molecular weight excluding hydrogens is 438 g/mol. The highest BCUT2D eigenvalue weighted by atomic mass is 16.4. The number of aliphatic carboxylic acids is 2. The molecule has 0 spiro atoms. The maximum atomic E-state index is 13.1. The maximum Gasteiger partial charge on any atom is 0.326 e. The SMILES string of the molecule is CCC(C)C(NC(=O)C(CCC(N)=O)NC(=O)C(N)CC(=O)O)C(=O)N1CCCC1C(=O)O. The van der Waals surface area contributed by atoms with Crippen LogP contribution < -0.4 is 22.1 Å². The molecule has 13 heteroatoms. The molecule has 4 amide bonds. The van der Waals surface area contributed by atoms with Gasteiger partial charge >= 0.3 is 11.9 Å². The summed E-state index contributed by atoms with van der Waals surface area (Å²) < 4.78 is 0. The van der Waals surface area contributed by atoms with Gasteiger partial charge in [0.05, 0.1) is 12.5 Å². The first kappa shape index (κ1) is 27.8. The summed E-state index contributed by atoms with van der Waals surface area (Å²) in [5, 5.41) is 23.1. The Morgan fingerprint density at radius 1 is 1.09 bits per heavy atom. The van der Waals surface area contributed by atoms with Crippen LogP contribution in [0.4, 0.5) is 0 Å². The molecule has 0 aromatic rings. The van der Waals surface area contributed by atoms with Gasteiger partial charge in [0.2, 0.25) is 23.6 Å². The molecule has 0 aromatic heterocycles. The summed E-state index contributed by atoms with van der Waals surface area (Å²) in [4.78, 5) is 73.1. The first-order chi connectivity index (χ1) is 15.4. The number of hydrogen-bond acceptors (Lipinski definition) is 7. The van der Waals surface area contributed by atoms with E-state index in [0.29, 0.717) is 19.3 Å². The van der Waals surface area contributed by atoms with Crippen molar-refractivity contribution in [3.8, 4) is 0 Å². The van der Waals surface area contributed by atoms with Crippen molar-refractivity contribution < 1.29 is 39.0 Å². The highest BCUT2D eigenvalue weighted by Crippen LogP contribution is 2.21. The molecule has 5 unspecified atom stereocenters. The summed E-state index contributed by atoms with van der Waals surface area (Å²) in [7, 11) is 0. The number of carbonyl (C=O) groups excluding carboxylic acids is 4. The number of hydrogen-bond donors (Lipinski definition) is 6. The van der Waals surface area contributed by atoms with E-state index in [2.05, 4.69) is 10.6 Å². The smallest absolute Gasteiger partial charge is 0.326 e. The van der Waals surface area contributed by atoms with Gasteiger partial charge in [0, 0.05) is 13.0 Å². The van der Waals surface area contributed by atoms with E-state index in [4.69, 9.17) is 16.6 Å². The van der Waals surface area contributed by atoms with Crippen LogP contribution in [0.1, 0.15) is 52.4 Å². The van der Waals surface area contributed by atoms with Gasteiger partial charge in [-0.3, -0.25) is 24.0 Å². The predicted octanol–water partition coefficient (Wildman–Crippen LogP) is -1.85. The number of nitrogens with one attached hydrogen (secondary N) is 2. The second kappa shape index (κ2) is 12.7. The van der Waals surface area contributed by atoms with Crippen molar-refractivity contribution in [2.45, 2.75) is 76.5 Å². The van der Waals surface area contributed by atoms with Gasteiger partial charge in [0.1, 0.15) is 18.1 Å². The lowest BCUT2D eigenvalue weighted by molar-refractivity contribution is -0.150. The van der Waals surface area contributed by atoms with Crippen LogP contribution in [-0.4, -0.2) is 81.4 Å². The van der Waals surface area contributed by atoms with Crippen LogP contribution in [-0.2, 0) is 28.8 Å². The monoisotopic (exact) mass is 471 g/mol. The van der Waals surface area contributed by atoms with Gasteiger partial charge in [-0.2, -0.15) is 0 Å². The van der Waals surface area contributed by atoms with Crippen LogP contribution in [0, 0.1) is 5.92 Å². The summed E-state index contributed by atoms with van der Waals surface area (Å²) in [6.07, 6.45) is 0.181. The number of carbonyl (C=O) groups is 6. The maximum absolute atomic E-state index is 13.1. The number of carboxylic acid groups (broad SMARTS) is 2. The zero-order valence-corrected chi connectivity index (χ0v) is 18.8. The number of likely N-dealkylation sites (tertiary alicyclic amines) is 1. The Labute approximate surface area is 191 Å². The van der Waals surface area contributed by atoms with Gasteiger partial charge in [-0.25, -0.2) is 4.79 Å². The summed E-state index contributed by atoms with van der Waals surface area (Å²) in [6.45, 7) is 3.76. The minimum absolute atomic E-state index is 0.199. The molecule has 1 aliphatic heterocycles. The number of amides is 4. The van der Waals surface area contributed by atoms with Crippen molar-refractivity contribution in [3.63, 3.8) is 0 Å². The molecule has 186 valence electrons. The van der Waals surface area contributed by atoms with Gasteiger partial charge in [-0.1, -0.05) is 20.3 Å². The fraction of sp³-hybridized carbons (Fsp3) is 0.700. The quantitative estimate of drug-likeness (QED) is 0.177. The van der Waals surface area contributed by atoms with Crippen molar-refractivity contribution in [1.82, 2.24) is 15.5 Å². The number of primary amides is 1. The van der Waals surface area contributed by atoms with E-state index >= 15 is 0 Å². The topological polar surface area (TPSA) is 222 Å². The summed E-state index contributed by atoms with van der Waals surface area (Å²) in [6, 6.07) is -4.79. The van der Waals surface area contributed by atoms with Crippen LogP contribution in [0.3, 0.4) is 0 Å². The Bertz CT molecular complexity index is 774. The summed E-state index contributed by atoms with van der Waals surface area (Å²) in [5.74, 6) is -5.79. The molecule has 1 rings (SSSR count). The molecule has 33 heavy (non-hydrogen) atoms. The van der Waals surface area contributed by atoms with E-state index in [1.54, 1.807) is 13.8 Å². The average molecular weight is 472 g/mol. The lowest BCUT2D eigenvalue weighted by Gasteiger charge is -2.31. The minimum atomic E-state index is -1.43. The standard InChI is InChI=1S/C20H33N5O8/c1-3-10(2)16(19(31)25-8-4-5-13(25)20(32)33)24-18(30)12(6-7-14(22)26)23-17(29)11(21)9-15(27)28/h10-13,16H,3-9,21H2,1-2H3,(H2,22,26)(H,23,29)(H,24,30)(H,27,28)(H,32,33). The Hall–Kier alpha value is -3.22. The van der Waals surface area contributed by atoms with Crippen LogP contribution in [0.25, 0.3) is 0 Å². The molecule has 0 saturated carbocycles. The third-order valence-corrected chi connectivity index (χ3v) is 5.64. The third kappa shape index (κ3) is 8.33. The van der Waals surface area contributed by atoms with Gasteiger partial charge < -0.3 is 37.2 Å².